The molecule has 2 heteroatoms. The van der Waals surface area contributed by atoms with E-state index in [4.69, 9.17) is 0 Å². The van der Waals surface area contributed by atoms with Crippen molar-refractivity contribution in [2.24, 2.45) is 0 Å². The number of allylic oxidation sites excluding steroid dienone is 1. The summed E-state index contributed by atoms with van der Waals surface area (Å²) in [5.41, 5.74) is 3.09. The standard InChI is InChI=1S/C16H22FN/c1-12-9-10-14(15(17)11-12)16(18-2)13-7-5-3-4-6-8-13/h7,9-11,16,18H,3-6,8H2,1-2H3. The highest BCUT2D eigenvalue weighted by molar-refractivity contribution is 5.32. The summed E-state index contributed by atoms with van der Waals surface area (Å²) >= 11 is 0. The summed E-state index contributed by atoms with van der Waals surface area (Å²) in [5, 5.41) is 3.27. The minimum absolute atomic E-state index is 0.0312. The Morgan fingerprint density at radius 2 is 2.06 bits per heavy atom. The normalized spacial score (nSPS) is 18.1. The van der Waals surface area contributed by atoms with E-state index in [-0.39, 0.29) is 11.9 Å². The molecule has 0 amide bonds. The van der Waals surface area contributed by atoms with Crippen molar-refractivity contribution in [3.8, 4) is 0 Å². The number of nitrogens with one attached hydrogen (secondary N) is 1. The van der Waals surface area contributed by atoms with Crippen LogP contribution < -0.4 is 5.32 Å². The molecule has 18 heavy (non-hydrogen) atoms. The summed E-state index contributed by atoms with van der Waals surface area (Å²) in [6.45, 7) is 1.92. The second kappa shape index (κ2) is 6.14. The second-order valence-electron chi connectivity index (χ2n) is 5.13. The van der Waals surface area contributed by atoms with Crippen molar-refractivity contribution in [3.05, 3.63) is 46.8 Å². The molecule has 0 saturated heterocycles. The van der Waals surface area contributed by atoms with Gasteiger partial charge in [0.15, 0.2) is 0 Å². The number of hydrogen-bond acceptors (Lipinski definition) is 1. The molecule has 0 aromatic heterocycles. The van der Waals surface area contributed by atoms with Crippen molar-refractivity contribution in [2.75, 3.05) is 7.05 Å². The van der Waals surface area contributed by atoms with Crippen LogP contribution in [-0.2, 0) is 0 Å². The number of aryl methyl sites for hydroxylation is 1. The van der Waals surface area contributed by atoms with Gasteiger partial charge >= 0.3 is 0 Å². The van der Waals surface area contributed by atoms with Gasteiger partial charge < -0.3 is 5.32 Å². The van der Waals surface area contributed by atoms with Crippen molar-refractivity contribution in [1.82, 2.24) is 5.32 Å². The van der Waals surface area contributed by atoms with E-state index in [2.05, 4.69) is 11.4 Å². The summed E-state index contributed by atoms with van der Waals surface area (Å²) in [4.78, 5) is 0. The molecule has 1 aromatic carbocycles. The molecule has 1 N–H and O–H groups in total. The van der Waals surface area contributed by atoms with E-state index in [0.29, 0.717) is 0 Å². The average Bonchev–Trinajstić information content (AvgIpc) is 2.62. The molecule has 0 heterocycles. The van der Waals surface area contributed by atoms with E-state index in [0.717, 1.165) is 24.0 Å². The number of benzene rings is 1. The molecule has 0 radical (unpaired) electrons. The van der Waals surface area contributed by atoms with Gasteiger partial charge in [0.25, 0.3) is 0 Å². The van der Waals surface area contributed by atoms with Gasteiger partial charge in [-0.05, 0) is 51.3 Å². The molecular formula is C16H22FN. The molecule has 98 valence electrons. The van der Waals surface area contributed by atoms with Crippen LogP contribution in [0.4, 0.5) is 4.39 Å². The van der Waals surface area contributed by atoms with Crippen LogP contribution in [0, 0.1) is 12.7 Å². The van der Waals surface area contributed by atoms with Gasteiger partial charge in [0, 0.05) is 5.56 Å². The highest BCUT2D eigenvalue weighted by atomic mass is 19.1. The molecule has 1 aromatic rings. The Morgan fingerprint density at radius 1 is 1.22 bits per heavy atom. The van der Waals surface area contributed by atoms with Crippen molar-refractivity contribution in [3.63, 3.8) is 0 Å². The van der Waals surface area contributed by atoms with Gasteiger partial charge in [0.1, 0.15) is 5.82 Å². The maximum absolute atomic E-state index is 14.1. The highest BCUT2D eigenvalue weighted by Gasteiger charge is 2.19. The van der Waals surface area contributed by atoms with Crippen LogP contribution in [0.5, 0.6) is 0 Å². The first-order valence-electron chi connectivity index (χ1n) is 6.84. The minimum atomic E-state index is -0.0977. The fraction of sp³-hybridized carbons (Fsp3) is 0.500. The topological polar surface area (TPSA) is 12.0 Å². The third kappa shape index (κ3) is 2.99. The van der Waals surface area contributed by atoms with Crippen molar-refractivity contribution in [1.29, 1.82) is 0 Å². The lowest BCUT2D eigenvalue weighted by atomic mass is 9.94. The Balaban J connectivity index is 2.29. The summed E-state index contributed by atoms with van der Waals surface area (Å²) in [6, 6.07) is 5.55. The molecule has 2 rings (SSSR count). The summed E-state index contributed by atoms with van der Waals surface area (Å²) in [6.07, 6.45) is 8.27. The first-order chi connectivity index (χ1) is 8.72. The predicted octanol–water partition coefficient (Wildman–Crippen LogP) is 4.29. The molecular weight excluding hydrogens is 225 g/mol. The third-order valence-corrected chi connectivity index (χ3v) is 3.70. The lowest BCUT2D eigenvalue weighted by molar-refractivity contribution is 0.559. The zero-order valence-corrected chi connectivity index (χ0v) is 11.3. The molecule has 1 atom stereocenters. The minimum Gasteiger partial charge on any atom is -0.310 e. The lowest BCUT2D eigenvalue weighted by Gasteiger charge is -2.21. The van der Waals surface area contributed by atoms with Gasteiger partial charge in [-0.25, -0.2) is 4.39 Å². The second-order valence-corrected chi connectivity index (χ2v) is 5.13. The zero-order valence-electron chi connectivity index (χ0n) is 11.3. The predicted molar refractivity (Wildman–Crippen MR) is 74.1 cm³/mol. The third-order valence-electron chi connectivity index (χ3n) is 3.70. The number of hydrogen-bond donors (Lipinski definition) is 1. The Labute approximate surface area is 109 Å². The first-order valence-corrected chi connectivity index (χ1v) is 6.84. The Bertz CT molecular complexity index is 437. The molecule has 0 bridgehead atoms. The lowest BCUT2D eigenvalue weighted by Crippen LogP contribution is -2.20. The molecule has 0 aliphatic heterocycles. The van der Waals surface area contributed by atoms with E-state index in [1.54, 1.807) is 6.07 Å². The van der Waals surface area contributed by atoms with Crippen molar-refractivity contribution < 1.29 is 4.39 Å². The Hall–Kier alpha value is -1.15. The Morgan fingerprint density at radius 3 is 2.78 bits per heavy atom. The maximum atomic E-state index is 14.1. The van der Waals surface area contributed by atoms with E-state index in [1.165, 1.54) is 24.8 Å². The fourth-order valence-electron chi connectivity index (χ4n) is 2.71. The largest absolute Gasteiger partial charge is 0.310 e. The van der Waals surface area contributed by atoms with Crippen LogP contribution >= 0.6 is 0 Å². The molecule has 1 unspecified atom stereocenters. The molecule has 1 aliphatic rings. The first kappa shape index (κ1) is 13.3. The summed E-state index contributed by atoms with van der Waals surface area (Å²) in [5.74, 6) is -0.0977. The monoisotopic (exact) mass is 247 g/mol. The highest BCUT2D eigenvalue weighted by Crippen LogP contribution is 2.30. The van der Waals surface area contributed by atoms with Crippen LogP contribution in [-0.4, -0.2) is 7.05 Å². The molecule has 0 fully saturated rings. The van der Waals surface area contributed by atoms with Crippen LogP contribution in [0.25, 0.3) is 0 Å². The van der Waals surface area contributed by atoms with Gasteiger partial charge in [-0.3, -0.25) is 0 Å². The summed E-state index contributed by atoms with van der Waals surface area (Å²) in [7, 11) is 1.91. The van der Waals surface area contributed by atoms with Crippen LogP contribution in [0.15, 0.2) is 29.8 Å². The number of rotatable bonds is 3. The van der Waals surface area contributed by atoms with Gasteiger partial charge in [-0.2, -0.15) is 0 Å². The van der Waals surface area contributed by atoms with E-state index in [1.807, 2.05) is 26.1 Å². The molecule has 1 aliphatic carbocycles. The van der Waals surface area contributed by atoms with Gasteiger partial charge in [0.2, 0.25) is 0 Å². The summed E-state index contributed by atoms with van der Waals surface area (Å²) < 4.78 is 14.1. The number of halogens is 1. The van der Waals surface area contributed by atoms with Crippen LogP contribution in [0.2, 0.25) is 0 Å². The molecule has 0 spiro atoms. The van der Waals surface area contributed by atoms with Gasteiger partial charge in [-0.15, -0.1) is 0 Å². The maximum Gasteiger partial charge on any atom is 0.128 e. The van der Waals surface area contributed by atoms with Crippen LogP contribution in [0.3, 0.4) is 0 Å². The van der Waals surface area contributed by atoms with Crippen LogP contribution in [0.1, 0.15) is 49.3 Å². The van der Waals surface area contributed by atoms with E-state index in [9.17, 15) is 4.39 Å². The van der Waals surface area contributed by atoms with Gasteiger partial charge in [-0.1, -0.05) is 30.2 Å². The Kier molecular flexibility index (Phi) is 4.54. The van der Waals surface area contributed by atoms with Gasteiger partial charge in [0.05, 0.1) is 6.04 Å². The number of likely N-dealkylation sites (N-methyl/N-ethyl adjacent to an activating group) is 1. The zero-order chi connectivity index (χ0) is 13.0. The quantitative estimate of drug-likeness (QED) is 0.786. The average molecular weight is 247 g/mol. The fourth-order valence-corrected chi connectivity index (χ4v) is 2.71. The SMILES string of the molecule is CNC(C1=CCCCCC1)c1ccc(C)cc1F. The van der Waals surface area contributed by atoms with E-state index < -0.39 is 0 Å². The molecule has 0 saturated carbocycles. The van der Waals surface area contributed by atoms with E-state index >= 15 is 0 Å². The molecule has 1 nitrogen and oxygen atoms in total. The van der Waals surface area contributed by atoms with Crippen molar-refractivity contribution >= 4 is 0 Å². The smallest absolute Gasteiger partial charge is 0.128 e. The van der Waals surface area contributed by atoms with Crippen molar-refractivity contribution in [2.45, 2.75) is 45.1 Å².